The van der Waals surface area contributed by atoms with Crippen molar-refractivity contribution in [2.24, 2.45) is 0 Å². The summed E-state index contributed by atoms with van der Waals surface area (Å²) in [6.45, 7) is 5.88. The Kier molecular flexibility index (Phi) is 4.43. The molecular formula is C15H18N6O2S. The SMILES string of the molecule is CC(C)n1cnnc1S[C@@H](C)C(=O)Nc1ccc2[nH]c(=O)[nH]c2c1. The van der Waals surface area contributed by atoms with Crippen LogP contribution in [0.4, 0.5) is 5.69 Å². The molecule has 0 fully saturated rings. The summed E-state index contributed by atoms with van der Waals surface area (Å²) in [7, 11) is 0. The van der Waals surface area contributed by atoms with Gasteiger partial charge in [0.05, 0.1) is 16.3 Å². The highest BCUT2D eigenvalue weighted by Gasteiger charge is 2.19. The Morgan fingerprint density at radius 3 is 2.75 bits per heavy atom. The lowest BCUT2D eigenvalue weighted by Gasteiger charge is -2.14. The Bertz CT molecular complexity index is 925. The fraction of sp³-hybridized carbons (Fsp3) is 0.333. The van der Waals surface area contributed by atoms with Gasteiger partial charge in [0.2, 0.25) is 5.91 Å². The van der Waals surface area contributed by atoms with Gasteiger partial charge < -0.3 is 19.9 Å². The normalized spacial score (nSPS) is 12.7. The Balaban J connectivity index is 1.70. The third-order valence-corrected chi connectivity index (χ3v) is 4.60. The zero-order valence-electron chi connectivity index (χ0n) is 13.5. The van der Waals surface area contributed by atoms with Crippen LogP contribution in [0.25, 0.3) is 11.0 Å². The average molecular weight is 346 g/mol. The minimum Gasteiger partial charge on any atom is -0.325 e. The van der Waals surface area contributed by atoms with Crippen LogP contribution in [0.2, 0.25) is 0 Å². The van der Waals surface area contributed by atoms with Crippen molar-refractivity contribution in [3.63, 3.8) is 0 Å². The van der Waals surface area contributed by atoms with E-state index in [1.807, 2.05) is 25.3 Å². The fourth-order valence-corrected chi connectivity index (χ4v) is 3.19. The number of fused-ring (bicyclic) bond motifs is 1. The molecule has 2 heterocycles. The molecule has 0 bridgehead atoms. The number of carbonyl (C=O) groups excluding carboxylic acids is 1. The molecule has 126 valence electrons. The number of amides is 1. The number of imidazole rings is 1. The van der Waals surface area contributed by atoms with Crippen LogP contribution in [0.5, 0.6) is 0 Å². The molecule has 8 nitrogen and oxygen atoms in total. The van der Waals surface area contributed by atoms with Crippen LogP contribution >= 0.6 is 11.8 Å². The molecule has 1 aromatic carbocycles. The van der Waals surface area contributed by atoms with E-state index in [9.17, 15) is 9.59 Å². The number of anilines is 1. The third-order valence-electron chi connectivity index (χ3n) is 3.53. The zero-order chi connectivity index (χ0) is 17.3. The molecule has 2 aromatic heterocycles. The second-order valence-electron chi connectivity index (χ2n) is 5.70. The highest BCUT2D eigenvalue weighted by molar-refractivity contribution is 8.00. The minimum atomic E-state index is -0.340. The maximum Gasteiger partial charge on any atom is 0.323 e. The number of nitrogens with one attached hydrogen (secondary N) is 3. The van der Waals surface area contributed by atoms with Crippen LogP contribution in [-0.4, -0.2) is 35.9 Å². The summed E-state index contributed by atoms with van der Waals surface area (Å²) in [5.74, 6) is -0.143. The number of hydrogen-bond donors (Lipinski definition) is 3. The molecule has 9 heteroatoms. The Labute approximate surface area is 142 Å². The van der Waals surface area contributed by atoms with Crippen molar-refractivity contribution in [1.82, 2.24) is 24.7 Å². The van der Waals surface area contributed by atoms with Crippen molar-refractivity contribution in [3.05, 3.63) is 35.0 Å². The quantitative estimate of drug-likeness (QED) is 0.613. The Morgan fingerprint density at radius 1 is 1.25 bits per heavy atom. The van der Waals surface area contributed by atoms with Crippen molar-refractivity contribution >= 4 is 34.4 Å². The van der Waals surface area contributed by atoms with E-state index in [4.69, 9.17) is 0 Å². The van der Waals surface area contributed by atoms with Crippen LogP contribution in [0, 0.1) is 0 Å². The molecule has 0 aliphatic carbocycles. The molecule has 0 unspecified atom stereocenters. The second kappa shape index (κ2) is 6.52. The molecule has 3 aromatic rings. The molecule has 0 aliphatic rings. The molecular weight excluding hydrogens is 328 g/mol. The number of hydrogen-bond acceptors (Lipinski definition) is 5. The highest BCUT2D eigenvalue weighted by atomic mass is 32.2. The molecule has 3 rings (SSSR count). The number of nitrogens with zero attached hydrogens (tertiary/aromatic N) is 3. The molecule has 24 heavy (non-hydrogen) atoms. The summed E-state index contributed by atoms with van der Waals surface area (Å²) >= 11 is 1.35. The number of thioether (sulfide) groups is 1. The molecule has 0 radical (unpaired) electrons. The summed E-state index contributed by atoms with van der Waals surface area (Å²) in [5.41, 5.74) is 1.70. The van der Waals surface area contributed by atoms with E-state index in [1.54, 1.807) is 24.5 Å². The van der Waals surface area contributed by atoms with Crippen LogP contribution in [0.3, 0.4) is 0 Å². The predicted molar refractivity (Wildman–Crippen MR) is 93.3 cm³/mol. The second-order valence-corrected chi connectivity index (χ2v) is 7.01. The molecule has 0 spiro atoms. The van der Waals surface area contributed by atoms with E-state index in [1.165, 1.54) is 11.8 Å². The molecule has 3 N–H and O–H groups in total. The van der Waals surface area contributed by atoms with Crippen molar-refractivity contribution in [2.45, 2.75) is 37.2 Å². The van der Waals surface area contributed by atoms with Gasteiger partial charge in [-0.25, -0.2) is 4.79 Å². The number of aromatic amines is 2. The van der Waals surface area contributed by atoms with Crippen molar-refractivity contribution < 1.29 is 4.79 Å². The number of rotatable bonds is 5. The minimum absolute atomic E-state index is 0.143. The van der Waals surface area contributed by atoms with Gasteiger partial charge in [-0.1, -0.05) is 11.8 Å². The van der Waals surface area contributed by atoms with Gasteiger partial charge >= 0.3 is 5.69 Å². The number of aromatic nitrogens is 5. The smallest absolute Gasteiger partial charge is 0.323 e. The van der Waals surface area contributed by atoms with E-state index in [0.717, 1.165) is 0 Å². The standard InChI is InChI=1S/C15H18N6O2S/c1-8(2)21-7-16-20-15(21)24-9(3)13(22)17-10-4-5-11-12(6-10)19-14(23)18-11/h4-9H,1-3H3,(H,17,22)(H2,18,19,23)/t9-/m0/s1. The van der Waals surface area contributed by atoms with Crippen LogP contribution in [0.1, 0.15) is 26.8 Å². The van der Waals surface area contributed by atoms with Crippen molar-refractivity contribution in [3.8, 4) is 0 Å². The van der Waals surface area contributed by atoms with E-state index in [2.05, 4.69) is 25.5 Å². The van der Waals surface area contributed by atoms with Gasteiger partial charge in [-0.05, 0) is 39.0 Å². The van der Waals surface area contributed by atoms with Crippen molar-refractivity contribution in [2.75, 3.05) is 5.32 Å². The van der Waals surface area contributed by atoms with Gasteiger partial charge in [-0.2, -0.15) is 0 Å². The van der Waals surface area contributed by atoms with Gasteiger partial charge in [-0.3, -0.25) is 4.79 Å². The summed E-state index contributed by atoms with van der Waals surface area (Å²) in [6, 6.07) is 5.44. The Hall–Kier alpha value is -2.55. The van der Waals surface area contributed by atoms with Crippen LogP contribution in [-0.2, 0) is 4.79 Å². The zero-order valence-corrected chi connectivity index (χ0v) is 14.3. The van der Waals surface area contributed by atoms with E-state index in [0.29, 0.717) is 21.9 Å². The summed E-state index contributed by atoms with van der Waals surface area (Å²) in [6.07, 6.45) is 1.66. The monoisotopic (exact) mass is 346 g/mol. The van der Waals surface area contributed by atoms with E-state index >= 15 is 0 Å². The topological polar surface area (TPSA) is 108 Å². The number of benzene rings is 1. The highest BCUT2D eigenvalue weighted by Crippen LogP contribution is 2.24. The first-order valence-electron chi connectivity index (χ1n) is 7.53. The maximum absolute atomic E-state index is 12.4. The molecule has 0 saturated heterocycles. The van der Waals surface area contributed by atoms with Gasteiger partial charge in [0, 0.05) is 11.7 Å². The lowest BCUT2D eigenvalue weighted by atomic mass is 10.2. The largest absolute Gasteiger partial charge is 0.325 e. The van der Waals surface area contributed by atoms with Crippen molar-refractivity contribution in [1.29, 1.82) is 0 Å². The van der Waals surface area contributed by atoms with Crippen LogP contribution < -0.4 is 11.0 Å². The van der Waals surface area contributed by atoms with Gasteiger partial charge in [-0.15, -0.1) is 10.2 Å². The van der Waals surface area contributed by atoms with Crippen LogP contribution in [0.15, 0.2) is 34.5 Å². The molecule has 1 amide bonds. The average Bonchev–Trinajstić information content (AvgIpc) is 3.12. The van der Waals surface area contributed by atoms with Gasteiger partial charge in [0.15, 0.2) is 5.16 Å². The molecule has 0 aliphatic heterocycles. The lowest BCUT2D eigenvalue weighted by molar-refractivity contribution is -0.115. The molecule has 0 saturated carbocycles. The first kappa shape index (κ1) is 16.3. The van der Waals surface area contributed by atoms with Gasteiger partial charge in [0.25, 0.3) is 0 Å². The van der Waals surface area contributed by atoms with E-state index in [-0.39, 0.29) is 22.9 Å². The lowest BCUT2D eigenvalue weighted by Crippen LogP contribution is -2.23. The summed E-state index contributed by atoms with van der Waals surface area (Å²) in [4.78, 5) is 29.0. The molecule has 1 atom stereocenters. The maximum atomic E-state index is 12.4. The number of carbonyl (C=O) groups is 1. The van der Waals surface area contributed by atoms with Gasteiger partial charge in [0.1, 0.15) is 6.33 Å². The third kappa shape index (κ3) is 3.35. The van der Waals surface area contributed by atoms with E-state index < -0.39 is 0 Å². The predicted octanol–water partition coefficient (Wildman–Crippen LogP) is 2.15. The summed E-state index contributed by atoms with van der Waals surface area (Å²) in [5, 5.41) is 11.2. The number of H-pyrrole nitrogens is 2. The Morgan fingerprint density at radius 2 is 2.00 bits per heavy atom. The summed E-state index contributed by atoms with van der Waals surface area (Å²) < 4.78 is 1.92. The first-order chi connectivity index (χ1) is 11.4. The fourth-order valence-electron chi connectivity index (χ4n) is 2.24. The first-order valence-corrected chi connectivity index (χ1v) is 8.41.